The first kappa shape index (κ1) is 9.74. The fourth-order valence-corrected chi connectivity index (χ4v) is 1.71. The molecule has 0 saturated carbocycles. The minimum Gasteiger partial charge on any atom is -0.378 e. The molecule has 1 aliphatic heterocycles. The molecule has 0 bridgehead atoms. The Morgan fingerprint density at radius 1 is 1.57 bits per heavy atom. The van der Waals surface area contributed by atoms with Crippen LogP contribution in [0, 0.1) is 0 Å². The Morgan fingerprint density at radius 3 is 3.00 bits per heavy atom. The van der Waals surface area contributed by atoms with Crippen LogP contribution in [0.2, 0.25) is 5.15 Å². The van der Waals surface area contributed by atoms with E-state index in [1.54, 1.807) is 12.3 Å². The van der Waals surface area contributed by atoms with Gasteiger partial charge in [0.25, 0.3) is 0 Å². The fourth-order valence-electron chi connectivity index (χ4n) is 1.60. The van der Waals surface area contributed by atoms with E-state index in [2.05, 4.69) is 17.2 Å². The summed E-state index contributed by atoms with van der Waals surface area (Å²) in [6, 6.07) is 4.10. The summed E-state index contributed by atoms with van der Waals surface area (Å²) in [4.78, 5) is 4.01. The monoisotopic (exact) mass is 212 g/mol. The summed E-state index contributed by atoms with van der Waals surface area (Å²) in [5, 5.41) is 3.89. The second-order valence-electron chi connectivity index (χ2n) is 3.49. The molecule has 0 radical (unpaired) electrons. The van der Waals surface area contributed by atoms with Gasteiger partial charge in [-0.15, -0.1) is 0 Å². The number of anilines is 1. The van der Waals surface area contributed by atoms with Crippen molar-refractivity contribution in [1.82, 2.24) is 4.98 Å². The van der Waals surface area contributed by atoms with Crippen molar-refractivity contribution >= 4 is 17.3 Å². The van der Waals surface area contributed by atoms with Gasteiger partial charge in [0.1, 0.15) is 5.15 Å². The molecule has 2 unspecified atom stereocenters. The summed E-state index contributed by atoms with van der Waals surface area (Å²) < 4.78 is 5.45. The highest BCUT2D eigenvalue weighted by molar-refractivity contribution is 6.29. The molecule has 1 saturated heterocycles. The first-order chi connectivity index (χ1) is 6.75. The number of aromatic nitrogens is 1. The van der Waals surface area contributed by atoms with Crippen LogP contribution in [0.5, 0.6) is 0 Å². The molecule has 1 aliphatic rings. The van der Waals surface area contributed by atoms with E-state index < -0.39 is 0 Å². The molecular weight excluding hydrogens is 200 g/mol. The molecule has 76 valence electrons. The van der Waals surface area contributed by atoms with E-state index >= 15 is 0 Å². The quantitative estimate of drug-likeness (QED) is 0.765. The molecule has 1 fully saturated rings. The Kier molecular flexibility index (Phi) is 2.89. The minimum atomic E-state index is 0.269. The van der Waals surface area contributed by atoms with Crippen LogP contribution < -0.4 is 5.32 Å². The predicted octanol–water partition coefficient (Wildman–Crippen LogP) is 2.32. The summed E-state index contributed by atoms with van der Waals surface area (Å²) in [5.41, 5.74) is 0.997. The van der Waals surface area contributed by atoms with Gasteiger partial charge in [0, 0.05) is 6.61 Å². The van der Waals surface area contributed by atoms with Gasteiger partial charge < -0.3 is 10.1 Å². The summed E-state index contributed by atoms with van der Waals surface area (Å²) in [6.45, 7) is 2.91. The van der Waals surface area contributed by atoms with Gasteiger partial charge in [-0.25, -0.2) is 4.98 Å². The maximum absolute atomic E-state index is 5.69. The lowest BCUT2D eigenvalue weighted by Gasteiger charge is -2.16. The highest BCUT2D eigenvalue weighted by atomic mass is 35.5. The molecule has 0 spiro atoms. The van der Waals surface area contributed by atoms with E-state index in [0.29, 0.717) is 11.2 Å². The number of pyridine rings is 1. The molecule has 0 amide bonds. The van der Waals surface area contributed by atoms with Crippen LogP contribution in [0.4, 0.5) is 5.69 Å². The molecule has 1 aromatic rings. The molecule has 14 heavy (non-hydrogen) atoms. The van der Waals surface area contributed by atoms with Crippen LogP contribution in [0.25, 0.3) is 0 Å². The zero-order valence-electron chi connectivity index (χ0n) is 8.03. The van der Waals surface area contributed by atoms with Crippen LogP contribution in [0.15, 0.2) is 18.3 Å². The maximum atomic E-state index is 5.69. The van der Waals surface area contributed by atoms with Gasteiger partial charge in [0.15, 0.2) is 0 Å². The van der Waals surface area contributed by atoms with Crippen molar-refractivity contribution < 1.29 is 4.74 Å². The number of halogens is 1. The van der Waals surface area contributed by atoms with E-state index in [0.717, 1.165) is 18.7 Å². The smallest absolute Gasteiger partial charge is 0.129 e. The van der Waals surface area contributed by atoms with Crippen LogP contribution in [0.3, 0.4) is 0 Å². The van der Waals surface area contributed by atoms with E-state index in [-0.39, 0.29) is 6.10 Å². The third-order valence-corrected chi connectivity index (χ3v) is 2.68. The Hall–Kier alpha value is -0.800. The van der Waals surface area contributed by atoms with E-state index in [1.807, 2.05) is 6.07 Å². The maximum Gasteiger partial charge on any atom is 0.129 e. The molecular formula is C10H13ClN2O. The molecule has 1 aromatic heterocycles. The first-order valence-corrected chi connectivity index (χ1v) is 5.13. The zero-order chi connectivity index (χ0) is 9.97. The fraction of sp³-hybridized carbons (Fsp3) is 0.500. The van der Waals surface area contributed by atoms with Gasteiger partial charge in [0.05, 0.1) is 24.0 Å². The average molecular weight is 213 g/mol. The summed E-state index contributed by atoms with van der Waals surface area (Å²) in [5.74, 6) is 0. The predicted molar refractivity (Wildman–Crippen MR) is 56.7 cm³/mol. The Bertz CT molecular complexity index is 301. The molecule has 0 aromatic carbocycles. The van der Waals surface area contributed by atoms with Crippen molar-refractivity contribution in [3.8, 4) is 0 Å². The molecule has 0 aliphatic carbocycles. The molecule has 2 rings (SSSR count). The van der Waals surface area contributed by atoms with Gasteiger partial charge in [0.2, 0.25) is 0 Å². The topological polar surface area (TPSA) is 34.1 Å². The number of rotatable bonds is 2. The minimum absolute atomic E-state index is 0.269. The largest absolute Gasteiger partial charge is 0.378 e. The lowest BCUT2D eigenvalue weighted by atomic mass is 10.1. The number of ether oxygens (including phenoxy) is 1. The van der Waals surface area contributed by atoms with Crippen molar-refractivity contribution in [1.29, 1.82) is 0 Å². The molecule has 4 heteroatoms. The lowest BCUT2D eigenvalue weighted by Crippen LogP contribution is -2.26. The van der Waals surface area contributed by atoms with E-state index in [9.17, 15) is 0 Å². The second kappa shape index (κ2) is 4.15. The number of hydrogen-bond donors (Lipinski definition) is 1. The van der Waals surface area contributed by atoms with Crippen LogP contribution in [-0.2, 0) is 4.74 Å². The third-order valence-electron chi connectivity index (χ3n) is 2.46. The second-order valence-corrected chi connectivity index (χ2v) is 3.87. The molecule has 2 heterocycles. The lowest BCUT2D eigenvalue weighted by molar-refractivity contribution is 0.121. The van der Waals surface area contributed by atoms with Gasteiger partial charge in [-0.1, -0.05) is 11.6 Å². The van der Waals surface area contributed by atoms with Crippen LogP contribution in [0.1, 0.15) is 13.3 Å². The highest BCUT2D eigenvalue weighted by Gasteiger charge is 2.23. The van der Waals surface area contributed by atoms with Crippen molar-refractivity contribution in [3.63, 3.8) is 0 Å². The van der Waals surface area contributed by atoms with Crippen molar-refractivity contribution in [2.75, 3.05) is 11.9 Å². The average Bonchev–Trinajstić information content (AvgIpc) is 2.56. The van der Waals surface area contributed by atoms with E-state index in [4.69, 9.17) is 16.3 Å². The van der Waals surface area contributed by atoms with Crippen molar-refractivity contribution in [3.05, 3.63) is 23.5 Å². The van der Waals surface area contributed by atoms with Gasteiger partial charge in [-0.2, -0.15) is 0 Å². The molecule has 2 atom stereocenters. The number of hydrogen-bond acceptors (Lipinski definition) is 3. The summed E-state index contributed by atoms with van der Waals surface area (Å²) >= 11 is 5.69. The van der Waals surface area contributed by atoms with Crippen LogP contribution >= 0.6 is 11.6 Å². The first-order valence-electron chi connectivity index (χ1n) is 4.75. The highest BCUT2D eigenvalue weighted by Crippen LogP contribution is 2.18. The standard InChI is InChI=1S/C10H13ClN2O/c1-7-9(4-5-14-7)13-8-2-3-10(11)12-6-8/h2-3,6-7,9,13H,4-5H2,1H3. The van der Waals surface area contributed by atoms with Crippen molar-refractivity contribution in [2.45, 2.75) is 25.5 Å². The molecule has 1 N–H and O–H groups in total. The van der Waals surface area contributed by atoms with Gasteiger partial charge in [-0.3, -0.25) is 0 Å². The SMILES string of the molecule is CC1OCCC1Nc1ccc(Cl)nc1. The van der Waals surface area contributed by atoms with Crippen molar-refractivity contribution in [2.24, 2.45) is 0 Å². The van der Waals surface area contributed by atoms with E-state index in [1.165, 1.54) is 0 Å². The number of nitrogens with zero attached hydrogens (tertiary/aromatic N) is 1. The third kappa shape index (κ3) is 2.16. The number of nitrogens with one attached hydrogen (secondary N) is 1. The zero-order valence-corrected chi connectivity index (χ0v) is 8.79. The Balaban J connectivity index is 2.00. The molecule has 3 nitrogen and oxygen atoms in total. The summed E-state index contributed by atoms with van der Waals surface area (Å²) in [6.07, 6.45) is 3.06. The van der Waals surface area contributed by atoms with Gasteiger partial charge in [-0.05, 0) is 25.5 Å². The Morgan fingerprint density at radius 2 is 2.43 bits per heavy atom. The normalized spacial score (nSPS) is 26.4. The Labute approximate surface area is 88.4 Å². The van der Waals surface area contributed by atoms with Gasteiger partial charge >= 0.3 is 0 Å². The van der Waals surface area contributed by atoms with Crippen LogP contribution in [-0.4, -0.2) is 23.7 Å². The summed E-state index contributed by atoms with van der Waals surface area (Å²) in [7, 11) is 0.